The van der Waals surface area contributed by atoms with E-state index < -0.39 is 5.54 Å². The number of anilines is 1. The van der Waals surface area contributed by atoms with Gasteiger partial charge in [0.15, 0.2) is 0 Å². The number of unbranched alkanes of at least 4 members (excludes halogenated alkanes) is 2. The lowest BCUT2D eigenvalue weighted by atomic mass is 9.90. The van der Waals surface area contributed by atoms with E-state index in [1.54, 1.807) is 11.9 Å². The van der Waals surface area contributed by atoms with Crippen molar-refractivity contribution < 1.29 is 9.59 Å². The van der Waals surface area contributed by atoms with Crippen LogP contribution >= 0.6 is 12.4 Å². The number of halogens is 1. The molecule has 7 heteroatoms. The van der Waals surface area contributed by atoms with E-state index >= 15 is 0 Å². The van der Waals surface area contributed by atoms with Crippen molar-refractivity contribution in [2.45, 2.75) is 31.7 Å². The zero-order valence-electron chi connectivity index (χ0n) is 19.7. The number of piperazine rings is 1. The summed E-state index contributed by atoms with van der Waals surface area (Å²) in [6.07, 6.45) is 3.06. The molecule has 33 heavy (non-hydrogen) atoms. The second-order valence-corrected chi connectivity index (χ2v) is 8.96. The second-order valence-electron chi connectivity index (χ2n) is 8.96. The Morgan fingerprint density at radius 1 is 0.788 bits per heavy atom. The highest BCUT2D eigenvalue weighted by atomic mass is 35.5. The molecule has 0 saturated carbocycles. The number of imide groups is 1. The van der Waals surface area contributed by atoms with Crippen LogP contribution in [0.3, 0.4) is 0 Å². The topological polar surface area (TPSA) is 47.1 Å². The third kappa shape index (κ3) is 5.17. The van der Waals surface area contributed by atoms with Gasteiger partial charge in [0.1, 0.15) is 5.54 Å². The zero-order chi connectivity index (χ0) is 22.6. The summed E-state index contributed by atoms with van der Waals surface area (Å²) in [4.78, 5) is 33.7. The minimum atomic E-state index is -0.916. The Morgan fingerprint density at radius 3 is 2.00 bits per heavy atom. The number of nitrogens with zero attached hydrogens (tertiary/aromatic N) is 4. The summed E-state index contributed by atoms with van der Waals surface area (Å²) >= 11 is 0. The minimum Gasteiger partial charge on any atom is -0.369 e. The Labute approximate surface area is 203 Å². The number of hydrogen-bond donors (Lipinski definition) is 0. The van der Waals surface area contributed by atoms with E-state index in [1.807, 2.05) is 37.3 Å². The van der Waals surface area contributed by atoms with Crippen molar-refractivity contribution in [1.82, 2.24) is 14.7 Å². The molecule has 2 fully saturated rings. The van der Waals surface area contributed by atoms with Gasteiger partial charge in [-0.3, -0.25) is 14.6 Å². The summed E-state index contributed by atoms with van der Waals surface area (Å²) < 4.78 is 0. The maximum atomic E-state index is 12.9. The summed E-state index contributed by atoms with van der Waals surface area (Å²) in [6, 6.07) is 20.1. The van der Waals surface area contributed by atoms with Crippen molar-refractivity contribution in [3.05, 3.63) is 66.2 Å². The number of para-hydroxylation sites is 1. The number of carbonyl (C=O) groups excluding carboxylic acids is 2. The molecule has 1 atom stereocenters. The van der Waals surface area contributed by atoms with E-state index in [-0.39, 0.29) is 24.3 Å². The first-order valence-electron chi connectivity index (χ1n) is 11.7. The molecular weight excluding hydrogens is 436 g/mol. The number of amides is 3. The molecular formula is C26H35ClN4O2. The number of rotatable bonds is 8. The van der Waals surface area contributed by atoms with E-state index in [2.05, 4.69) is 40.1 Å². The fraction of sp³-hybridized carbons (Fsp3) is 0.462. The van der Waals surface area contributed by atoms with Crippen LogP contribution in [0.1, 0.15) is 31.7 Å². The van der Waals surface area contributed by atoms with Crippen LogP contribution in [0.15, 0.2) is 60.7 Å². The summed E-state index contributed by atoms with van der Waals surface area (Å²) in [5.41, 5.74) is 1.27. The first-order chi connectivity index (χ1) is 15.5. The van der Waals surface area contributed by atoms with Crippen LogP contribution in [0, 0.1) is 0 Å². The van der Waals surface area contributed by atoms with Crippen LogP contribution in [0.5, 0.6) is 0 Å². The Balaban J connectivity index is 0.00000306. The zero-order valence-corrected chi connectivity index (χ0v) is 20.5. The maximum absolute atomic E-state index is 12.9. The molecule has 0 bridgehead atoms. The largest absolute Gasteiger partial charge is 0.369 e. The summed E-state index contributed by atoms with van der Waals surface area (Å²) in [5.74, 6) is -0.148. The van der Waals surface area contributed by atoms with Gasteiger partial charge in [0, 0.05) is 45.5 Å². The third-order valence-corrected chi connectivity index (χ3v) is 6.96. The van der Waals surface area contributed by atoms with Crippen molar-refractivity contribution in [3.8, 4) is 0 Å². The van der Waals surface area contributed by atoms with Gasteiger partial charge in [0.25, 0.3) is 5.91 Å². The summed E-state index contributed by atoms with van der Waals surface area (Å²) in [5, 5.41) is 0. The highest BCUT2D eigenvalue weighted by Crippen LogP contribution is 2.36. The molecule has 2 aliphatic heterocycles. The van der Waals surface area contributed by atoms with Crippen LogP contribution < -0.4 is 4.90 Å². The van der Waals surface area contributed by atoms with Gasteiger partial charge in [-0.15, -0.1) is 12.4 Å². The van der Waals surface area contributed by atoms with Gasteiger partial charge in [0.05, 0.1) is 0 Å². The van der Waals surface area contributed by atoms with Crippen molar-refractivity contribution in [2.24, 2.45) is 0 Å². The van der Waals surface area contributed by atoms with Crippen molar-refractivity contribution in [3.63, 3.8) is 0 Å². The van der Waals surface area contributed by atoms with E-state index in [9.17, 15) is 9.59 Å². The van der Waals surface area contributed by atoms with Crippen molar-refractivity contribution in [2.75, 3.05) is 51.2 Å². The number of likely N-dealkylation sites (N-methyl/N-ethyl adjacent to an activating group) is 1. The lowest BCUT2D eigenvalue weighted by molar-refractivity contribution is -0.132. The Kier molecular flexibility index (Phi) is 8.38. The molecule has 2 heterocycles. The van der Waals surface area contributed by atoms with Crippen LogP contribution in [0.2, 0.25) is 0 Å². The van der Waals surface area contributed by atoms with Crippen molar-refractivity contribution >= 4 is 30.0 Å². The van der Waals surface area contributed by atoms with Gasteiger partial charge in [0.2, 0.25) is 0 Å². The molecule has 3 amide bonds. The fourth-order valence-corrected chi connectivity index (χ4v) is 4.91. The minimum absolute atomic E-state index is 0. The van der Waals surface area contributed by atoms with E-state index in [1.165, 1.54) is 10.6 Å². The normalized spacial score (nSPS) is 21.5. The smallest absolute Gasteiger partial charge is 0.327 e. The molecule has 0 N–H and O–H groups in total. The summed E-state index contributed by atoms with van der Waals surface area (Å²) in [7, 11) is 1.58. The summed E-state index contributed by atoms with van der Waals surface area (Å²) in [6.45, 7) is 7.87. The molecule has 6 nitrogen and oxygen atoms in total. The molecule has 0 spiro atoms. The van der Waals surface area contributed by atoms with Gasteiger partial charge in [-0.25, -0.2) is 4.79 Å². The van der Waals surface area contributed by atoms with Crippen LogP contribution in [-0.4, -0.2) is 73.0 Å². The molecule has 178 valence electrons. The standard InChI is InChI=1S/C26H34N4O2.ClH/c1-26(22-12-6-3-7-13-22)24(31)27(2)25(32)30(26)17-11-5-10-16-28-18-20-29(21-19-28)23-14-8-4-9-15-23;/h3-4,6-9,12-15H,5,10-11,16-21H2,1-2H3;1H. The number of urea groups is 1. The number of benzene rings is 2. The molecule has 1 unspecified atom stereocenters. The fourth-order valence-electron chi connectivity index (χ4n) is 4.91. The van der Waals surface area contributed by atoms with E-state index in [0.717, 1.165) is 57.5 Å². The molecule has 4 rings (SSSR count). The van der Waals surface area contributed by atoms with Gasteiger partial charge in [-0.2, -0.15) is 0 Å². The van der Waals surface area contributed by atoms with Gasteiger partial charge in [-0.05, 0) is 44.0 Å². The lowest BCUT2D eigenvalue weighted by Crippen LogP contribution is -2.46. The number of hydrogen-bond acceptors (Lipinski definition) is 4. The van der Waals surface area contributed by atoms with E-state index in [0.29, 0.717) is 6.54 Å². The molecule has 0 aromatic heterocycles. The average molecular weight is 471 g/mol. The maximum Gasteiger partial charge on any atom is 0.327 e. The van der Waals surface area contributed by atoms with Crippen LogP contribution in [0.25, 0.3) is 0 Å². The molecule has 2 saturated heterocycles. The highest BCUT2D eigenvalue weighted by Gasteiger charge is 2.53. The molecule has 2 aromatic rings. The molecule has 0 aliphatic carbocycles. The van der Waals surface area contributed by atoms with Crippen molar-refractivity contribution in [1.29, 1.82) is 0 Å². The van der Waals surface area contributed by atoms with Gasteiger partial charge >= 0.3 is 6.03 Å². The SMILES string of the molecule is CN1C(=O)N(CCCCCN2CCN(c3ccccc3)CC2)C(C)(c2ccccc2)C1=O.Cl. The predicted molar refractivity (Wildman–Crippen MR) is 135 cm³/mol. The van der Waals surface area contributed by atoms with Gasteiger partial charge in [-0.1, -0.05) is 55.0 Å². The average Bonchev–Trinajstić information content (AvgIpc) is 3.01. The Morgan fingerprint density at radius 2 is 1.36 bits per heavy atom. The first kappa shape index (κ1) is 25.1. The number of carbonyl (C=O) groups is 2. The predicted octanol–water partition coefficient (Wildman–Crippen LogP) is 4.21. The third-order valence-electron chi connectivity index (χ3n) is 6.96. The Bertz CT molecular complexity index is 918. The molecule has 0 radical (unpaired) electrons. The first-order valence-corrected chi connectivity index (χ1v) is 11.7. The monoisotopic (exact) mass is 470 g/mol. The molecule has 2 aromatic carbocycles. The van der Waals surface area contributed by atoms with Crippen LogP contribution in [-0.2, 0) is 10.3 Å². The molecule has 2 aliphatic rings. The second kappa shape index (κ2) is 11.0. The highest BCUT2D eigenvalue weighted by molar-refractivity contribution is 6.06. The van der Waals surface area contributed by atoms with Gasteiger partial charge < -0.3 is 9.80 Å². The Hall–Kier alpha value is -2.57. The lowest BCUT2D eigenvalue weighted by Gasteiger charge is -2.36. The quantitative estimate of drug-likeness (QED) is 0.428. The van der Waals surface area contributed by atoms with Crippen LogP contribution in [0.4, 0.5) is 10.5 Å². The van der Waals surface area contributed by atoms with E-state index in [4.69, 9.17) is 0 Å².